The van der Waals surface area contributed by atoms with E-state index < -0.39 is 139 Å². The number of phenolic OH excluding ortho intramolecular Hbond substituents is 3. The van der Waals surface area contributed by atoms with Crippen molar-refractivity contribution >= 4 is 23.0 Å². The molecule has 22 heteroatoms. The van der Waals surface area contributed by atoms with Crippen LogP contribution < -0.4 is 14.9 Å². The SMILES string of the molecule is C[C@@H]1O[C@H](Oc2c(-c3ccc(O)cc3)oc3cc(O)cc(O)c3c2=O)[C@@H](O[C@@H]2O[C@H](COC(=O)/C=C/c3ccc(O[C@@H]4O[C@@H](CO)[C@@H](O)[C@H](O)[C@H]4O)cc3)[C@@H](O)[C@H](O)[C@H]2O)[C@H](O)[C@H]1O. The van der Waals surface area contributed by atoms with Crippen LogP contribution in [0.4, 0.5) is 0 Å². The van der Waals surface area contributed by atoms with Crippen molar-refractivity contribution in [1.82, 2.24) is 0 Å². The van der Waals surface area contributed by atoms with Crippen LogP contribution in [0.25, 0.3) is 28.4 Å². The summed E-state index contributed by atoms with van der Waals surface area (Å²) in [5, 5.41) is 124. The highest BCUT2D eigenvalue weighted by atomic mass is 16.8. The number of benzene rings is 3. The number of aliphatic hydroxyl groups is 9. The standard InChI is InChI=1S/C42H46O22/c1-16-28(48)34(54)39(42(58-16)63-38-31(51)27-22(46)12-20(45)13-23(27)60-37(38)18-5-7-19(44)8-6-18)64-41-36(56)33(53)30(50)25(62-41)15-57-26(47)11-4-17-2-9-21(10-3-17)59-40-35(55)32(52)29(49)24(14-43)61-40/h2-13,16,24-25,28-30,32-36,39-46,48-50,52-56H,14-15H2,1H3/b11-4+/t16-,24-,25+,28-,29+,30+,32-,33-,34+,35+,36+,39-,40+,41-,42+/m0/s1. The van der Waals surface area contributed by atoms with Crippen LogP contribution in [0.1, 0.15) is 12.5 Å². The summed E-state index contributed by atoms with van der Waals surface area (Å²) in [5.41, 5.74) is -0.638. The van der Waals surface area contributed by atoms with Gasteiger partial charge in [0.1, 0.15) is 102 Å². The first kappa shape index (κ1) is 46.5. The van der Waals surface area contributed by atoms with Crippen LogP contribution >= 0.6 is 0 Å². The largest absolute Gasteiger partial charge is 0.508 e. The molecule has 3 fully saturated rings. The Morgan fingerprint density at radius 2 is 1.33 bits per heavy atom. The Labute approximate surface area is 361 Å². The molecule has 0 aliphatic carbocycles. The second-order valence-corrected chi connectivity index (χ2v) is 15.2. The second kappa shape index (κ2) is 19.3. The van der Waals surface area contributed by atoms with E-state index in [1.54, 1.807) is 0 Å². The number of aromatic hydroxyl groups is 3. The lowest BCUT2D eigenvalue weighted by molar-refractivity contribution is -0.355. The molecule has 3 aliphatic heterocycles. The number of hydrogen-bond acceptors (Lipinski definition) is 22. The highest BCUT2D eigenvalue weighted by Crippen LogP contribution is 2.38. The number of hydrogen-bond donors (Lipinski definition) is 12. The lowest BCUT2D eigenvalue weighted by Crippen LogP contribution is -2.64. The van der Waals surface area contributed by atoms with Gasteiger partial charge in [-0.1, -0.05) is 12.1 Å². The molecule has 0 saturated carbocycles. The fraction of sp³-hybridized carbons (Fsp3) is 0.429. The lowest BCUT2D eigenvalue weighted by atomic mass is 9.97. The van der Waals surface area contributed by atoms with Gasteiger partial charge in [-0.05, 0) is 55.0 Å². The second-order valence-electron chi connectivity index (χ2n) is 15.2. The molecular weight excluding hydrogens is 856 g/mol. The zero-order valence-electron chi connectivity index (χ0n) is 33.5. The summed E-state index contributed by atoms with van der Waals surface area (Å²) in [7, 11) is 0. The number of esters is 1. The van der Waals surface area contributed by atoms with Crippen molar-refractivity contribution in [3.63, 3.8) is 0 Å². The summed E-state index contributed by atoms with van der Waals surface area (Å²) >= 11 is 0. The molecule has 22 nitrogen and oxygen atoms in total. The van der Waals surface area contributed by atoms with Gasteiger partial charge in [0, 0.05) is 23.8 Å². The zero-order chi connectivity index (χ0) is 46.1. The Bertz CT molecular complexity index is 2330. The monoisotopic (exact) mass is 902 g/mol. The molecule has 1 aromatic heterocycles. The maximum Gasteiger partial charge on any atom is 0.330 e. The minimum atomic E-state index is -2.03. The minimum Gasteiger partial charge on any atom is -0.508 e. The molecule has 7 rings (SSSR count). The van der Waals surface area contributed by atoms with Gasteiger partial charge in [0.2, 0.25) is 23.8 Å². The molecule has 12 N–H and O–H groups in total. The summed E-state index contributed by atoms with van der Waals surface area (Å²) in [6, 6.07) is 13.1. The van der Waals surface area contributed by atoms with Crippen molar-refractivity contribution in [2.75, 3.05) is 13.2 Å². The lowest BCUT2D eigenvalue weighted by Gasteiger charge is -2.45. The number of carbonyl (C=O) groups is 1. The summed E-state index contributed by atoms with van der Waals surface area (Å²) in [4.78, 5) is 26.7. The summed E-state index contributed by atoms with van der Waals surface area (Å²) in [5.74, 6) is -2.96. The number of phenols is 3. The Hall–Kier alpha value is -5.44. The summed E-state index contributed by atoms with van der Waals surface area (Å²) < 4.78 is 45.4. The van der Waals surface area contributed by atoms with Gasteiger partial charge < -0.3 is 98.9 Å². The van der Waals surface area contributed by atoms with E-state index in [0.717, 1.165) is 18.2 Å². The molecule has 3 saturated heterocycles. The van der Waals surface area contributed by atoms with Gasteiger partial charge in [0.25, 0.3) is 0 Å². The predicted octanol–water partition coefficient (Wildman–Crippen LogP) is -1.95. The van der Waals surface area contributed by atoms with E-state index >= 15 is 0 Å². The van der Waals surface area contributed by atoms with Crippen molar-refractivity contribution < 1.29 is 104 Å². The van der Waals surface area contributed by atoms with Crippen LogP contribution in [0.15, 0.2) is 76.0 Å². The fourth-order valence-electron chi connectivity index (χ4n) is 7.19. The summed E-state index contributed by atoms with van der Waals surface area (Å²) in [6.07, 6.45) is -22.8. The van der Waals surface area contributed by atoms with Crippen LogP contribution in [0, 0.1) is 0 Å². The predicted molar refractivity (Wildman–Crippen MR) is 212 cm³/mol. The van der Waals surface area contributed by atoms with Gasteiger partial charge in [-0.15, -0.1) is 0 Å². The van der Waals surface area contributed by atoms with E-state index in [-0.39, 0.29) is 28.4 Å². The van der Waals surface area contributed by atoms with Gasteiger partial charge in [-0.2, -0.15) is 0 Å². The Kier molecular flexibility index (Phi) is 14.1. The van der Waals surface area contributed by atoms with E-state index in [0.29, 0.717) is 5.56 Å². The van der Waals surface area contributed by atoms with Crippen LogP contribution in [0.5, 0.6) is 28.7 Å². The highest BCUT2D eigenvalue weighted by molar-refractivity contribution is 5.88. The van der Waals surface area contributed by atoms with Crippen LogP contribution in [-0.4, -0.2) is 173 Å². The van der Waals surface area contributed by atoms with E-state index in [1.165, 1.54) is 61.5 Å². The van der Waals surface area contributed by atoms with Crippen molar-refractivity contribution in [2.45, 2.75) is 99.0 Å². The quantitative estimate of drug-likeness (QED) is 0.0543. The average molecular weight is 903 g/mol. The Morgan fingerprint density at radius 1 is 0.688 bits per heavy atom. The molecular formula is C42H46O22. The van der Waals surface area contributed by atoms with Crippen molar-refractivity contribution in [1.29, 1.82) is 0 Å². The minimum absolute atomic E-state index is 0.142. The van der Waals surface area contributed by atoms with E-state index in [9.17, 15) is 70.9 Å². The Balaban J connectivity index is 1.04. The number of aliphatic hydroxyl groups excluding tert-OH is 9. The van der Waals surface area contributed by atoms with Crippen LogP contribution in [0.2, 0.25) is 0 Å². The first-order chi connectivity index (χ1) is 30.4. The normalized spacial score (nSPS) is 33.2. The molecule has 0 radical (unpaired) electrons. The van der Waals surface area contributed by atoms with E-state index in [2.05, 4.69) is 0 Å². The first-order valence-corrected chi connectivity index (χ1v) is 19.7. The molecule has 15 atom stereocenters. The number of fused-ring (bicyclic) bond motifs is 1. The molecule has 4 aromatic rings. The maximum absolute atomic E-state index is 14.0. The van der Waals surface area contributed by atoms with Crippen molar-refractivity contribution in [3.05, 3.63) is 82.5 Å². The molecule has 3 aromatic carbocycles. The molecule has 64 heavy (non-hydrogen) atoms. The number of ether oxygens (including phenoxy) is 7. The van der Waals surface area contributed by atoms with Gasteiger partial charge in [0.15, 0.2) is 18.2 Å². The van der Waals surface area contributed by atoms with Crippen molar-refractivity contribution in [2.24, 2.45) is 0 Å². The topological polar surface area (TPSA) is 355 Å². The number of carbonyl (C=O) groups excluding carboxylic acids is 1. The van der Waals surface area contributed by atoms with Crippen LogP contribution in [-0.2, 0) is 28.5 Å². The van der Waals surface area contributed by atoms with Gasteiger partial charge >= 0.3 is 5.97 Å². The van der Waals surface area contributed by atoms with E-state index in [1.807, 2.05) is 0 Å². The summed E-state index contributed by atoms with van der Waals surface area (Å²) in [6.45, 7) is 0.00854. The third kappa shape index (κ3) is 9.64. The van der Waals surface area contributed by atoms with Crippen LogP contribution in [0.3, 0.4) is 0 Å². The van der Waals surface area contributed by atoms with E-state index in [4.69, 9.17) is 37.6 Å². The molecule has 346 valence electrons. The maximum atomic E-state index is 14.0. The molecule has 3 aliphatic rings. The average Bonchev–Trinajstić information content (AvgIpc) is 3.27. The van der Waals surface area contributed by atoms with Gasteiger partial charge in [-0.3, -0.25) is 4.79 Å². The molecule has 4 heterocycles. The van der Waals surface area contributed by atoms with Crippen molar-refractivity contribution in [3.8, 4) is 40.1 Å². The smallest absolute Gasteiger partial charge is 0.330 e. The first-order valence-electron chi connectivity index (χ1n) is 19.7. The highest BCUT2D eigenvalue weighted by Gasteiger charge is 2.51. The molecule has 0 unspecified atom stereocenters. The fourth-order valence-corrected chi connectivity index (χ4v) is 7.19. The van der Waals surface area contributed by atoms with Gasteiger partial charge in [-0.25, -0.2) is 4.79 Å². The zero-order valence-corrected chi connectivity index (χ0v) is 33.5. The number of rotatable bonds is 12. The van der Waals surface area contributed by atoms with Gasteiger partial charge in [0.05, 0.1) is 12.7 Å². The molecule has 0 amide bonds. The third-order valence-electron chi connectivity index (χ3n) is 10.8. The third-order valence-corrected chi connectivity index (χ3v) is 10.8. The molecule has 0 spiro atoms. The molecule has 0 bridgehead atoms. The Morgan fingerprint density at radius 3 is 2.00 bits per heavy atom.